The van der Waals surface area contributed by atoms with Crippen LogP contribution in [0.2, 0.25) is 0 Å². The number of anilines is 1. The normalized spacial score (nSPS) is 14.4. The lowest BCUT2D eigenvalue weighted by Gasteiger charge is -2.15. The van der Waals surface area contributed by atoms with E-state index < -0.39 is 12.1 Å². The number of urea groups is 1. The molecule has 0 spiro atoms. The lowest BCUT2D eigenvalue weighted by molar-refractivity contribution is 0.147. The molecule has 0 aromatic heterocycles. The van der Waals surface area contributed by atoms with Gasteiger partial charge >= 0.3 is 12.1 Å². The first-order valence-electron chi connectivity index (χ1n) is 5.24. The van der Waals surface area contributed by atoms with Gasteiger partial charge in [0.05, 0.1) is 6.54 Å². The predicted molar refractivity (Wildman–Crippen MR) is 61.4 cm³/mol. The van der Waals surface area contributed by atoms with Crippen molar-refractivity contribution in [1.82, 2.24) is 10.4 Å². The lowest BCUT2D eigenvalue weighted by Crippen LogP contribution is -2.44. The van der Waals surface area contributed by atoms with E-state index in [1.807, 2.05) is 25.1 Å². The molecule has 1 saturated heterocycles. The van der Waals surface area contributed by atoms with Gasteiger partial charge in [-0.25, -0.2) is 20.0 Å². The molecule has 1 heterocycles. The monoisotopic (exact) mass is 235 g/mol. The van der Waals surface area contributed by atoms with Crippen LogP contribution in [0.3, 0.4) is 0 Å². The van der Waals surface area contributed by atoms with Gasteiger partial charge in [-0.2, -0.15) is 0 Å². The summed E-state index contributed by atoms with van der Waals surface area (Å²) in [4.78, 5) is 22.7. The Morgan fingerprint density at radius 2 is 2.18 bits per heavy atom. The van der Waals surface area contributed by atoms with Gasteiger partial charge in [0.15, 0.2) is 0 Å². The number of hydrogen-bond donors (Lipinski definition) is 2. The molecular weight excluding hydrogens is 222 g/mol. The molecule has 1 fully saturated rings. The molecule has 1 aliphatic heterocycles. The minimum Gasteiger partial charge on any atom is -0.446 e. The Kier molecular flexibility index (Phi) is 3.13. The minimum absolute atomic E-state index is 0.295. The highest BCUT2D eigenvalue weighted by Crippen LogP contribution is 2.12. The highest BCUT2D eigenvalue weighted by molar-refractivity contribution is 5.91. The molecule has 0 aliphatic carbocycles. The molecule has 2 rings (SSSR count). The third-order valence-corrected chi connectivity index (χ3v) is 2.39. The van der Waals surface area contributed by atoms with Crippen LogP contribution in [0.25, 0.3) is 0 Å². The summed E-state index contributed by atoms with van der Waals surface area (Å²) >= 11 is 0. The third kappa shape index (κ3) is 2.66. The van der Waals surface area contributed by atoms with Gasteiger partial charge in [0.25, 0.3) is 0 Å². The zero-order valence-corrected chi connectivity index (χ0v) is 9.40. The lowest BCUT2D eigenvalue weighted by atomic mass is 10.2. The van der Waals surface area contributed by atoms with Crippen molar-refractivity contribution < 1.29 is 14.3 Å². The van der Waals surface area contributed by atoms with Crippen LogP contribution < -0.4 is 10.7 Å². The van der Waals surface area contributed by atoms with Gasteiger partial charge in [-0.05, 0) is 18.6 Å². The van der Waals surface area contributed by atoms with Crippen LogP contribution in [-0.4, -0.2) is 30.3 Å². The van der Waals surface area contributed by atoms with E-state index in [4.69, 9.17) is 0 Å². The van der Waals surface area contributed by atoms with E-state index in [9.17, 15) is 9.59 Å². The molecule has 0 radical (unpaired) electrons. The summed E-state index contributed by atoms with van der Waals surface area (Å²) < 4.78 is 4.68. The number of hydrazine groups is 1. The van der Waals surface area contributed by atoms with Gasteiger partial charge < -0.3 is 10.1 Å². The Balaban J connectivity index is 1.93. The second-order valence-corrected chi connectivity index (χ2v) is 3.65. The highest BCUT2D eigenvalue weighted by atomic mass is 16.6. The molecule has 3 amide bonds. The van der Waals surface area contributed by atoms with Crippen LogP contribution in [0.15, 0.2) is 24.3 Å². The first kappa shape index (κ1) is 11.3. The summed E-state index contributed by atoms with van der Waals surface area (Å²) in [6, 6.07) is 6.93. The molecular formula is C11H13N3O3. The molecule has 0 unspecified atom stereocenters. The van der Waals surface area contributed by atoms with Crippen LogP contribution in [0.1, 0.15) is 5.56 Å². The number of aryl methyl sites for hydroxylation is 1. The molecule has 90 valence electrons. The van der Waals surface area contributed by atoms with Gasteiger partial charge in [-0.1, -0.05) is 18.2 Å². The molecule has 1 aromatic carbocycles. The molecule has 6 heteroatoms. The molecule has 1 aromatic rings. The van der Waals surface area contributed by atoms with Crippen LogP contribution in [0.5, 0.6) is 0 Å². The van der Waals surface area contributed by atoms with Crippen molar-refractivity contribution >= 4 is 17.8 Å². The average molecular weight is 235 g/mol. The Bertz CT molecular complexity index is 447. The summed E-state index contributed by atoms with van der Waals surface area (Å²) in [6.07, 6.45) is -0.537. The van der Waals surface area contributed by atoms with Gasteiger partial charge in [-0.15, -0.1) is 0 Å². The third-order valence-electron chi connectivity index (χ3n) is 2.39. The first-order chi connectivity index (χ1) is 8.16. The number of nitrogens with one attached hydrogen (secondary N) is 2. The van der Waals surface area contributed by atoms with Crippen LogP contribution >= 0.6 is 0 Å². The molecule has 0 atom stereocenters. The fourth-order valence-corrected chi connectivity index (χ4v) is 1.48. The quantitative estimate of drug-likeness (QED) is 0.815. The van der Waals surface area contributed by atoms with Crippen LogP contribution in [-0.2, 0) is 4.74 Å². The fourth-order valence-electron chi connectivity index (χ4n) is 1.48. The predicted octanol–water partition coefficient (Wildman–Crippen LogP) is 1.48. The summed E-state index contributed by atoms with van der Waals surface area (Å²) in [5.41, 5.74) is 4.07. The van der Waals surface area contributed by atoms with Crippen LogP contribution in [0.4, 0.5) is 15.3 Å². The van der Waals surface area contributed by atoms with Gasteiger partial charge in [-0.3, -0.25) is 0 Å². The largest absolute Gasteiger partial charge is 0.446 e. The van der Waals surface area contributed by atoms with Crippen molar-refractivity contribution in [2.24, 2.45) is 0 Å². The van der Waals surface area contributed by atoms with Gasteiger partial charge in [0, 0.05) is 5.69 Å². The maximum Gasteiger partial charge on any atom is 0.428 e. The number of benzene rings is 1. The maximum absolute atomic E-state index is 11.6. The molecule has 1 aliphatic rings. The highest BCUT2D eigenvalue weighted by Gasteiger charge is 2.23. The maximum atomic E-state index is 11.6. The van der Waals surface area contributed by atoms with Crippen molar-refractivity contribution in [3.63, 3.8) is 0 Å². The van der Waals surface area contributed by atoms with Gasteiger partial charge in [0.1, 0.15) is 6.61 Å². The first-order valence-corrected chi connectivity index (χ1v) is 5.24. The smallest absolute Gasteiger partial charge is 0.428 e. The average Bonchev–Trinajstić information content (AvgIpc) is 2.68. The van der Waals surface area contributed by atoms with E-state index in [2.05, 4.69) is 15.5 Å². The Hall–Kier alpha value is -2.24. The Labute approximate surface area is 98.5 Å². The fraction of sp³-hybridized carbons (Fsp3) is 0.273. The molecule has 17 heavy (non-hydrogen) atoms. The van der Waals surface area contributed by atoms with E-state index in [1.165, 1.54) is 0 Å². The molecule has 0 saturated carbocycles. The van der Waals surface area contributed by atoms with Crippen molar-refractivity contribution in [2.75, 3.05) is 18.5 Å². The summed E-state index contributed by atoms with van der Waals surface area (Å²) in [6.45, 7) is 2.54. The summed E-state index contributed by atoms with van der Waals surface area (Å²) in [5.74, 6) is 0. The Morgan fingerprint density at radius 3 is 2.82 bits per heavy atom. The van der Waals surface area contributed by atoms with E-state index in [-0.39, 0.29) is 0 Å². The second kappa shape index (κ2) is 4.73. The number of hydrogen-bond acceptors (Lipinski definition) is 3. The number of rotatable bonds is 2. The van der Waals surface area contributed by atoms with E-state index >= 15 is 0 Å². The van der Waals surface area contributed by atoms with Crippen LogP contribution in [0, 0.1) is 6.92 Å². The Morgan fingerprint density at radius 1 is 1.41 bits per heavy atom. The SMILES string of the molecule is Cc1ccccc1NC(=O)NN1CCOC1=O. The zero-order chi connectivity index (χ0) is 12.3. The van der Waals surface area contributed by atoms with Crippen molar-refractivity contribution in [2.45, 2.75) is 6.92 Å². The molecule has 2 N–H and O–H groups in total. The minimum atomic E-state index is -0.537. The van der Waals surface area contributed by atoms with E-state index in [1.54, 1.807) is 6.07 Å². The molecule has 6 nitrogen and oxygen atoms in total. The summed E-state index contributed by atoms with van der Waals surface area (Å²) in [7, 11) is 0. The number of nitrogens with zero attached hydrogens (tertiary/aromatic N) is 1. The molecule has 0 bridgehead atoms. The van der Waals surface area contributed by atoms with Gasteiger partial charge in [0.2, 0.25) is 0 Å². The van der Waals surface area contributed by atoms with Crippen molar-refractivity contribution in [3.8, 4) is 0 Å². The van der Waals surface area contributed by atoms with Crippen molar-refractivity contribution in [3.05, 3.63) is 29.8 Å². The number of carbonyl (C=O) groups is 2. The summed E-state index contributed by atoms with van der Waals surface area (Å²) in [5, 5.41) is 3.79. The number of ether oxygens (including phenoxy) is 1. The number of amides is 3. The number of carbonyl (C=O) groups excluding carboxylic acids is 2. The van der Waals surface area contributed by atoms with E-state index in [0.717, 1.165) is 10.6 Å². The van der Waals surface area contributed by atoms with Crippen molar-refractivity contribution in [1.29, 1.82) is 0 Å². The second-order valence-electron chi connectivity index (χ2n) is 3.65. The van der Waals surface area contributed by atoms with E-state index in [0.29, 0.717) is 18.8 Å². The standard InChI is InChI=1S/C11H13N3O3/c1-8-4-2-3-5-9(8)12-10(15)13-14-6-7-17-11(14)16/h2-5H,6-7H2,1H3,(H2,12,13,15). The number of para-hydroxylation sites is 1. The topological polar surface area (TPSA) is 70.7 Å². The zero-order valence-electron chi connectivity index (χ0n) is 9.40. The number of cyclic esters (lactones) is 1.